The maximum absolute atomic E-state index is 8.33. The minimum Gasteiger partial charge on any atom is -0.0878 e. The van der Waals surface area contributed by atoms with Gasteiger partial charge in [0.15, 0.2) is 0 Å². The lowest BCUT2D eigenvalue weighted by atomic mass is 10.0. The molecule has 0 aromatic rings. The summed E-state index contributed by atoms with van der Waals surface area (Å²) in [5.41, 5.74) is 8.33. The van der Waals surface area contributed by atoms with Crippen molar-refractivity contribution in [3.8, 4) is 12.0 Å². The molecule has 0 aliphatic heterocycles. The van der Waals surface area contributed by atoms with Gasteiger partial charge in [0.2, 0.25) is 0 Å². The second-order valence-corrected chi connectivity index (χ2v) is 6.34. The Balaban J connectivity index is 2.94. The minimum absolute atomic E-state index is 0.856. The van der Waals surface area contributed by atoms with Crippen LogP contribution in [0.3, 0.4) is 0 Å². The number of hydrogen-bond acceptors (Lipinski definition) is 0. The van der Waals surface area contributed by atoms with E-state index in [0.29, 0.717) is 0 Å². The van der Waals surface area contributed by atoms with Crippen LogP contribution in [-0.2, 0) is 0 Å². The van der Waals surface area contributed by atoms with Crippen molar-refractivity contribution in [1.29, 1.82) is 0 Å². The number of unbranched alkanes of at least 4 members (excludes halogenated alkanes) is 16. The van der Waals surface area contributed by atoms with Crippen LogP contribution in [0, 0.1) is 12.0 Å². The van der Waals surface area contributed by atoms with Crippen molar-refractivity contribution in [2.75, 3.05) is 0 Å². The molecule has 1 heteroatoms. The van der Waals surface area contributed by atoms with Gasteiger partial charge in [0.05, 0.1) is 6.04 Å². The van der Waals surface area contributed by atoms with Gasteiger partial charge in [-0.3, -0.25) is 0 Å². The first-order valence-corrected chi connectivity index (χ1v) is 9.53. The van der Waals surface area contributed by atoms with E-state index in [9.17, 15) is 0 Å². The van der Waals surface area contributed by atoms with E-state index >= 15 is 0 Å². The Bertz CT molecular complexity index is 236. The van der Waals surface area contributed by atoms with E-state index in [2.05, 4.69) is 12.8 Å². The van der Waals surface area contributed by atoms with E-state index in [1.165, 1.54) is 96.3 Å². The van der Waals surface area contributed by atoms with E-state index in [1.54, 1.807) is 0 Å². The van der Waals surface area contributed by atoms with Crippen molar-refractivity contribution < 1.29 is 0 Å². The summed E-state index contributed by atoms with van der Waals surface area (Å²) < 4.78 is 0. The first-order chi connectivity index (χ1) is 10.4. The lowest BCUT2D eigenvalue weighted by Crippen LogP contribution is -1.83. The van der Waals surface area contributed by atoms with E-state index in [0.717, 1.165) is 12.8 Å². The van der Waals surface area contributed by atoms with Crippen LogP contribution in [0.1, 0.15) is 116 Å². The van der Waals surface area contributed by atoms with E-state index in [-0.39, 0.29) is 0 Å². The second kappa shape index (κ2) is 19.4. The molecule has 21 heavy (non-hydrogen) atoms. The fourth-order valence-corrected chi connectivity index (χ4v) is 2.82. The first-order valence-electron chi connectivity index (χ1n) is 9.53. The molecule has 0 unspecified atom stereocenters. The van der Waals surface area contributed by atoms with Gasteiger partial charge in [0, 0.05) is 6.42 Å². The Morgan fingerprint density at radius 2 is 0.857 bits per heavy atom. The summed E-state index contributed by atoms with van der Waals surface area (Å²) in [7, 11) is 0. The Morgan fingerprint density at radius 1 is 0.524 bits per heavy atom. The van der Waals surface area contributed by atoms with Crippen LogP contribution < -0.4 is 5.73 Å². The van der Waals surface area contributed by atoms with E-state index in [1.807, 2.05) is 6.04 Å². The average molecular weight is 292 g/mol. The third-order valence-electron chi connectivity index (χ3n) is 4.23. The summed E-state index contributed by atoms with van der Waals surface area (Å²) in [5, 5.41) is 0. The number of nitrogens with zero attached hydrogens (tertiary/aromatic N) is 1. The van der Waals surface area contributed by atoms with Gasteiger partial charge in [0.1, 0.15) is 0 Å². The molecule has 0 bridgehead atoms. The molecule has 1 nitrogen and oxygen atoms in total. The van der Waals surface area contributed by atoms with Gasteiger partial charge in [-0.05, 0) is 6.42 Å². The van der Waals surface area contributed by atoms with Gasteiger partial charge in [0.25, 0.3) is 0 Å². The normalized spacial score (nSPS) is 10.3. The van der Waals surface area contributed by atoms with E-state index < -0.39 is 0 Å². The summed E-state index contributed by atoms with van der Waals surface area (Å²) in [6.45, 7) is 2.28. The quantitative estimate of drug-likeness (QED) is 0.224. The SMILES string of the molecule is CCCCCCCCCCCCCCCCCCC#C[N]. The fourth-order valence-electron chi connectivity index (χ4n) is 2.82. The van der Waals surface area contributed by atoms with Gasteiger partial charge in [-0.2, -0.15) is 0 Å². The van der Waals surface area contributed by atoms with Gasteiger partial charge in [-0.25, -0.2) is 0 Å². The van der Waals surface area contributed by atoms with Crippen LogP contribution in [0.4, 0.5) is 0 Å². The molecule has 0 heterocycles. The standard InChI is InChI=1S/C20H37N/c1-2-3-4-5-6-7-8-9-10-11-12-13-14-15-16-17-18-19-20-21/h2-18H2,1H3. The molecule has 0 aliphatic rings. The van der Waals surface area contributed by atoms with Gasteiger partial charge >= 0.3 is 0 Å². The van der Waals surface area contributed by atoms with Crippen molar-refractivity contribution >= 4 is 0 Å². The van der Waals surface area contributed by atoms with Crippen LogP contribution in [0.5, 0.6) is 0 Å². The first kappa shape index (κ1) is 20.4. The second-order valence-electron chi connectivity index (χ2n) is 6.34. The molecule has 0 aromatic carbocycles. The number of rotatable bonds is 16. The Hall–Kier alpha value is -0.640. The van der Waals surface area contributed by atoms with E-state index in [4.69, 9.17) is 5.73 Å². The zero-order valence-electron chi connectivity index (χ0n) is 14.5. The number of hydrogen-bond donors (Lipinski definition) is 0. The Labute approximate surface area is 134 Å². The summed E-state index contributed by atoms with van der Waals surface area (Å²) in [6, 6.07) is 1.97. The highest BCUT2D eigenvalue weighted by molar-refractivity contribution is 4.92. The summed E-state index contributed by atoms with van der Waals surface area (Å²) in [6.07, 6.45) is 23.2. The highest BCUT2D eigenvalue weighted by atomic mass is 14.4. The Morgan fingerprint density at radius 3 is 1.19 bits per heavy atom. The highest BCUT2D eigenvalue weighted by Crippen LogP contribution is 2.13. The monoisotopic (exact) mass is 291 g/mol. The van der Waals surface area contributed by atoms with Crippen LogP contribution in [-0.4, -0.2) is 0 Å². The maximum Gasteiger partial charge on any atom is 0.0584 e. The molecular formula is C20H37N. The lowest BCUT2D eigenvalue weighted by molar-refractivity contribution is 0.530. The van der Waals surface area contributed by atoms with Crippen molar-refractivity contribution in [2.24, 2.45) is 0 Å². The maximum atomic E-state index is 8.33. The minimum atomic E-state index is 0.856. The lowest BCUT2D eigenvalue weighted by Gasteiger charge is -2.03. The van der Waals surface area contributed by atoms with Crippen LogP contribution >= 0.6 is 0 Å². The summed E-state index contributed by atoms with van der Waals surface area (Å²) >= 11 is 0. The molecule has 0 aromatic heterocycles. The molecule has 0 rings (SSSR count). The molecule has 0 fully saturated rings. The molecule has 0 aliphatic carbocycles. The van der Waals surface area contributed by atoms with Crippen molar-refractivity contribution in [1.82, 2.24) is 5.73 Å². The van der Waals surface area contributed by atoms with Gasteiger partial charge < -0.3 is 0 Å². The smallest absolute Gasteiger partial charge is 0.0584 e. The highest BCUT2D eigenvalue weighted by Gasteiger charge is 1.94. The molecule has 0 N–H and O–H groups in total. The molecule has 0 amide bonds. The average Bonchev–Trinajstić information content (AvgIpc) is 2.50. The molecule has 0 spiro atoms. The molecular weight excluding hydrogens is 254 g/mol. The largest absolute Gasteiger partial charge is 0.0878 e. The summed E-state index contributed by atoms with van der Waals surface area (Å²) in [5.74, 6) is 2.70. The fraction of sp³-hybridized carbons (Fsp3) is 0.900. The molecule has 0 saturated heterocycles. The van der Waals surface area contributed by atoms with Gasteiger partial charge in [-0.1, -0.05) is 115 Å². The molecule has 122 valence electrons. The molecule has 2 radical (unpaired) electrons. The van der Waals surface area contributed by atoms with Crippen LogP contribution in [0.25, 0.3) is 0 Å². The topological polar surface area (TPSA) is 22.3 Å². The molecule has 0 saturated carbocycles. The summed E-state index contributed by atoms with van der Waals surface area (Å²) in [4.78, 5) is 0. The zero-order chi connectivity index (χ0) is 15.4. The van der Waals surface area contributed by atoms with Crippen LogP contribution in [0.2, 0.25) is 0 Å². The zero-order valence-corrected chi connectivity index (χ0v) is 14.5. The van der Waals surface area contributed by atoms with Crippen molar-refractivity contribution in [2.45, 2.75) is 116 Å². The van der Waals surface area contributed by atoms with Gasteiger partial charge in [-0.15, -0.1) is 0 Å². The predicted molar refractivity (Wildman–Crippen MR) is 94.1 cm³/mol. The van der Waals surface area contributed by atoms with Crippen molar-refractivity contribution in [3.05, 3.63) is 0 Å². The third-order valence-corrected chi connectivity index (χ3v) is 4.23. The molecule has 0 atom stereocenters. The predicted octanol–water partition coefficient (Wildman–Crippen LogP) is 6.67. The van der Waals surface area contributed by atoms with Crippen LogP contribution in [0.15, 0.2) is 0 Å². The third kappa shape index (κ3) is 19.4. The Kier molecular flexibility index (Phi) is 18.8. The van der Waals surface area contributed by atoms with Crippen molar-refractivity contribution in [3.63, 3.8) is 0 Å².